The zero-order valence-corrected chi connectivity index (χ0v) is 12.4. The average molecular weight is 348 g/mol. The molecule has 2 aromatic rings. The van der Waals surface area contributed by atoms with Gasteiger partial charge in [0, 0.05) is 37.9 Å². The molecular formula is C10H16CuN6O4. The summed E-state index contributed by atoms with van der Waals surface area (Å²) in [5.74, 6) is 0. The van der Waals surface area contributed by atoms with Crippen LogP contribution in [0.4, 0.5) is 0 Å². The van der Waals surface area contributed by atoms with Gasteiger partial charge < -0.3 is 29.4 Å². The Morgan fingerprint density at radius 3 is 1.29 bits per heavy atom. The molecule has 0 unspecified atom stereocenters. The Hall–Kier alpha value is -2.26. The molecule has 0 amide bonds. The number of aromatic nitrogens is 4. The molecule has 0 bridgehead atoms. The molecule has 121 valence electrons. The molecule has 21 heavy (non-hydrogen) atoms. The predicted molar refractivity (Wildman–Crippen MR) is 74.1 cm³/mol. The van der Waals surface area contributed by atoms with Crippen LogP contribution in [0.15, 0.2) is 48.1 Å². The van der Waals surface area contributed by atoms with E-state index in [2.05, 4.69) is 23.8 Å². The van der Waals surface area contributed by atoms with E-state index < -0.39 is 0 Å². The van der Waals surface area contributed by atoms with Crippen LogP contribution < -0.4 is 0 Å². The summed E-state index contributed by atoms with van der Waals surface area (Å²) in [7, 11) is 0. The summed E-state index contributed by atoms with van der Waals surface area (Å²) in [5.41, 5.74) is 0. The van der Waals surface area contributed by atoms with Crippen LogP contribution in [0.5, 0.6) is 0 Å². The molecule has 0 aliphatic rings. The van der Waals surface area contributed by atoms with Crippen LogP contribution >= 0.6 is 0 Å². The first kappa shape index (κ1) is 23.8. The van der Waals surface area contributed by atoms with Gasteiger partial charge in [0.1, 0.15) is 0 Å². The van der Waals surface area contributed by atoms with Crippen molar-refractivity contribution >= 4 is 0 Å². The Kier molecular flexibility index (Phi) is 22.7. The van der Waals surface area contributed by atoms with Gasteiger partial charge in [0.05, 0.1) is 12.7 Å². The maximum absolute atomic E-state index is 8.00. The van der Waals surface area contributed by atoms with Crippen LogP contribution in [0.25, 0.3) is 0 Å². The van der Waals surface area contributed by atoms with Crippen molar-refractivity contribution < 1.29 is 17.1 Å². The van der Waals surface area contributed by atoms with Crippen LogP contribution in [0, 0.1) is 20.2 Å². The smallest absolute Gasteiger partial charge is 0.444 e. The van der Waals surface area contributed by atoms with Gasteiger partial charge in [-0.2, -0.15) is 0 Å². The second-order valence-corrected chi connectivity index (χ2v) is 2.94. The third-order valence-corrected chi connectivity index (χ3v) is 1.85. The first-order valence-electron chi connectivity index (χ1n) is 5.51. The molecule has 0 aliphatic heterocycles. The van der Waals surface area contributed by atoms with Crippen molar-refractivity contribution in [2.24, 2.45) is 10.7 Å². The van der Waals surface area contributed by atoms with Gasteiger partial charge in [0.15, 0.2) is 0 Å². The van der Waals surface area contributed by atoms with Crippen LogP contribution in [-0.2, 0) is 30.2 Å². The normalized spacial score (nSPS) is 7.33. The molecular weight excluding hydrogens is 332 g/mol. The molecule has 0 N–H and O–H groups in total. The van der Waals surface area contributed by atoms with Crippen LogP contribution in [0.1, 0.15) is 13.8 Å². The van der Waals surface area contributed by atoms with Crippen molar-refractivity contribution in [1.82, 2.24) is 19.1 Å². The molecule has 0 fully saturated rings. The summed E-state index contributed by atoms with van der Waals surface area (Å²) >= 11 is 0. The number of nitrogens with zero attached hydrogens (tertiary/aromatic N) is 6. The molecule has 0 aliphatic carbocycles. The standard InChI is InChI=1S/2C5H8N2.Cu.2HNO2/c2*1-2-7-4-3-6-5-7;;2*2-1-3/h2*3-5H,2H2,1H3;;2*(H,2,3)/q;;+2;;/p-2. The first-order valence-corrected chi connectivity index (χ1v) is 5.51. The fraction of sp³-hybridized carbons (Fsp3) is 0.400. The Morgan fingerprint density at radius 2 is 1.19 bits per heavy atom. The number of imidazole rings is 2. The molecule has 0 spiro atoms. The third kappa shape index (κ3) is 17.7. The zero-order chi connectivity index (χ0) is 15.6. The number of hydrogen-bond donors (Lipinski definition) is 0. The molecule has 2 heterocycles. The molecule has 0 atom stereocenters. The van der Waals surface area contributed by atoms with E-state index in [0.717, 1.165) is 23.8 Å². The van der Waals surface area contributed by atoms with Crippen molar-refractivity contribution in [3.8, 4) is 0 Å². The van der Waals surface area contributed by atoms with Gasteiger partial charge in [-0.15, -0.1) is 10.7 Å². The summed E-state index contributed by atoms with van der Waals surface area (Å²) in [6.45, 7) is 6.20. The molecule has 10 nitrogen and oxygen atoms in total. The fourth-order valence-electron chi connectivity index (χ4n) is 0.948. The van der Waals surface area contributed by atoms with Crippen LogP contribution in [0.3, 0.4) is 0 Å². The van der Waals surface area contributed by atoms with Crippen molar-refractivity contribution in [3.05, 3.63) is 57.7 Å². The van der Waals surface area contributed by atoms with Crippen molar-refractivity contribution in [2.75, 3.05) is 0 Å². The minimum atomic E-state index is 0. The van der Waals surface area contributed by atoms with E-state index in [0.29, 0.717) is 0 Å². The Morgan fingerprint density at radius 1 is 0.905 bits per heavy atom. The third-order valence-electron chi connectivity index (χ3n) is 1.85. The topological polar surface area (TPSA) is 141 Å². The van der Waals surface area contributed by atoms with E-state index in [1.165, 1.54) is 0 Å². The van der Waals surface area contributed by atoms with E-state index in [1.54, 1.807) is 25.0 Å². The second-order valence-electron chi connectivity index (χ2n) is 2.94. The molecule has 0 saturated carbocycles. The van der Waals surface area contributed by atoms with Gasteiger partial charge in [0.2, 0.25) is 0 Å². The maximum Gasteiger partial charge on any atom is 2.00 e. The minimum Gasteiger partial charge on any atom is -0.444 e. The van der Waals surface area contributed by atoms with E-state index in [4.69, 9.17) is 20.2 Å². The summed E-state index contributed by atoms with van der Waals surface area (Å²) in [4.78, 5) is 23.7. The van der Waals surface area contributed by atoms with Crippen LogP contribution in [0.2, 0.25) is 0 Å². The van der Waals surface area contributed by atoms with Gasteiger partial charge >= 0.3 is 17.1 Å². The van der Waals surface area contributed by atoms with E-state index >= 15 is 0 Å². The van der Waals surface area contributed by atoms with Gasteiger partial charge in [-0.3, -0.25) is 0 Å². The summed E-state index contributed by atoms with van der Waals surface area (Å²) in [6, 6.07) is 0. The molecule has 0 aromatic carbocycles. The molecule has 0 saturated heterocycles. The largest absolute Gasteiger partial charge is 2.00 e. The van der Waals surface area contributed by atoms with Crippen molar-refractivity contribution in [3.63, 3.8) is 0 Å². The molecule has 11 heteroatoms. The SMILES string of the molecule is CCn1ccnc1.CCn1ccnc1.O=N[O-].O=N[O-].[Cu+2]. The number of rotatable bonds is 2. The fourth-order valence-corrected chi connectivity index (χ4v) is 0.948. The minimum absolute atomic E-state index is 0. The first-order chi connectivity index (χ1) is 9.69. The van der Waals surface area contributed by atoms with Gasteiger partial charge in [-0.25, -0.2) is 9.97 Å². The number of hydrogen-bond acceptors (Lipinski definition) is 8. The molecule has 1 radical (unpaired) electrons. The average Bonchev–Trinajstić information content (AvgIpc) is 3.14. The second kappa shape index (κ2) is 20.1. The molecule has 2 aromatic heterocycles. The predicted octanol–water partition coefficient (Wildman–Crippen LogP) is 2.30. The van der Waals surface area contributed by atoms with Crippen LogP contribution in [-0.4, -0.2) is 19.1 Å². The summed E-state index contributed by atoms with van der Waals surface area (Å²) < 4.78 is 4.03. The van der Waals surface area contributed by atoms with Crippen molar-refractivity contribution in [1.29, 1.82) is 0 Å². The van der Waals surface area contributed by atoms with E-state index in [9.17, 15) is 0 Å². The monoisotopic (exact) mass is 347 g/mol. The molecule has 2 rings (SSSR count). The number of aryl methyl sites for hydroxylation is 2. The van der Waals surface area contributed by atoms with Gasteiger partial charge in [0.25, 0.3) is 0 Å². The van der Waals surface area contributed by atoms with Gasteiger partial charge in [-0.1, -0.05) is 0 Å². The Bertz CT molecular complexity index is 369. The maximum atomic E-state index is 8.00. The van der Waals surface area contributed by atoms with E-state index in [1.807, 2.05) is 21.5 Å². The summed E-state index contributed by atoms with van der Waals surface area (Å²) in [6.07, 6.45) is 11.1. The van der Waals surface area contributed by atoms with Gasteiger partial charge in [-0.05, 0) is 13.8 Å². The Balaban J connectivity index is -0.000000220. The quantitative estimate of drug-likeness (QED) is 0.463. The Labute approximate surface area is 132 Å². The van der Waals surface area contributed by atoms with E-state index in [-0.39, 0.29) is 17.1 Å². The zero-order valence-electron chi connectivity index (χ0n) is 11.5. The summed E-state index contributed by atoms with van der Waals surface area (Å²) in [5, 5.41) is 18.0. The van der Waals surface area contributed by atoms with Crippen molar-refractivity contribution in [2.45, 2.75) is 26.9 Å².